The third kappa shape index (κ3) is 9.15. The van der Waals surface area contributed by atoms with Gasteiger partial charge in [-0.2, -0.15) is 0 Å². The highest BCUT2D eigenvalue weighted by Crippen LogP contribution is 2.17. The van der Waals surface area contributed by atoms with Gasteiger partial charge in [0.25, 0.3) is 5.91 Å². The number of aromatic amines is 1. The molecule has 4 aromatic rings. The molecule has 0 saturated carbocycles. The Morgan fingerprint density at radius 2 is 1.42 bits per heavy atom. The molecule has 1 unspecified atom stereocenters. The van der Waals surface area contributed by atoms with E-state index in [-0.39, 0.29) is 24.3 Å². The number of amides is 2. The first kappa shape index (κ1) is 31.3. The summed E-state index contributed by atoms with van der Waals surface area (Å²) in [7, 11) is 0. The summed E-state index contributed by atoms with van der Waals surface area (Å²) >= 11 is 0. The van der Waals surface area contributed by atoms with E-state index in [2.05, 4.69) is 15.6 Å². The fourth-order valence-electron chi connectivity index (χ4n) is 5.11. The fourth-order valence-corrected chi connectivity index (χ4v) is 5.11. The standard InChI is InChI=1S/C36H37N3O6/c40-24-28(22-26-6-2-1-3-7-26)37-36(43)33-23-27-10-15-30(16-11-27)45-21-5-4-20-44-29-13-8-25(9-14-29)12-19-34(41)31-17-18-32(38-31)35(42)39-33/h1-3,6-11,13-18,24,28,33,38H,4-5,12,19-23H2,(H,37,43)(H,39,42)/t28?,33-/m0/s1. The van der Waals surface area contributed by atoms with Gasteiger partial charge in [0.1, 0.15) is 29.5 Å². The SMILES string of the molecule is O=CC(Cc1ccccc1)NC(=O)[C@@H]1Cc2ccc(cc2)OCCCCOc2ccc(cc2)CCC(=O)c2ccc([nH]2)C(=O)N1. The van der Waals surface area contributed by atoms with Crippen molar-refractivity contribution in [2.75, 3.05) is 13.2 Å². The summed E-state index contributed by atoms with van der Waals surface area (Å²) in [6.45, 7) is 1.10. The molecule has 232 valence electrons. The van der Waals surface area contributed by atoms with Crippen LogP contribution in [-0.4, -0.2) is 54.2 Å². The van der Waals surface area contributed by atoms with Crippen molar-refractivity contribution in [2.45, 2.75) is 50.6 Å². The molecular weight excluding hydrogens is 570 g/mol. The van der Waals surface area contributed by atoms with Crippen LogP contribution in [0.1, 0.15) is 56.9 Å². The van der Waals surface area contributed by atoms with Gasteiger partial charge in [0, 0.05) is 12.8 Å². The second-order valence-electron chi connectivity index (χ2n) is 11.1. The molecule has 4 aliphatic heterocycles. The summed E-state index contributed by atoms with van der Waals surface area (Å²) in [6, 6.07) is 25.8. The lowest BCUT2D eigenvalue weighted by Gasteiger charge is -2.21. The zero-order valence-corrected chi connectivity index (χ0v) is 25.0. The Hall–Kier alpha value is -5.18. The highest BCUT2D eigenvalue weighted by molar-refractivity contribution is 6.00. The zero-order chi connectivity index (χ0) is 31.4. The lowest BCUT2D eigenvalue weighted by Crippen LogP contribution is -2.51. The van der Waals surface area contributed by atoms with Gasteiger partial charge in [-0.15, -0.1) is 0 Å². The predicted octanol–water partition coefficient (Wildman–Crippen LogP) is 4.65. The second-order valence-corrected chi connectivity index (χ2v) is 11.1. The Morgan fingerprint density at radius 3 is 2.07 bits per heavy atom. The molecule has 0 radical (unpaired) electrons. The van der Waals surface area contributed by atoms with E-state index in [0.717, 1.165) is 35.3 Å². The summed E-state index contributed by atoms with van der Waals surface area (Å²) < 4.78 is 11.7. The maximum absolute atomic E-state index is 13.5. The summed E-state index contributed by atoms with van der Waals surface area (Å²) in [4.78, 5) is 54.5. The van der Waals surface area contributed by atoms with Crippen molar-refractivity contribution >= 4 is 23.9 Å². The molecule has 0 saturated heterocycles. The molecule has 9 nitrogen and oxygen atoms in total. The Bertz CT molecular complexity index is 1580. The number of aryl methyl sites for hydroxylation is 1. The molecule has 3 aromatic carbocycles. The predicted molar refractivity (Wildman–Crippen MR) is 170 cm³/mol. The molecule has 2 atom stereocenters. The van der Waals surface area contributed by atoms with Crippen molar-refractivity contribution in [3.8, 4) is 11.5 Å². The number of aromatic nitrogens is 1. The number of nitrogens with one attached hydrogen (secondary N) is 3. The maximum Gasteiger partial charge on any atom is 0.268 e. The van der Waals surface area contributed by atoms with E-state index in [1.54, 1.807) is 6.07 Å². The average Bonchev–Trinajstić information content (AvgIpc) is 3.57. The lowest BCUT2D eigenvalue weighted by molar-refractivity contribution is -0.125. The van der Waals surface area contributed by atoms with Crippen molar-refractivity contribution in [1.82, 2.24) is 15.6 Å². The van der Waals surface area contributed by atoms with E-state index in [4.69, 9.17) is 9.47 Å². The van der Waals surface area contributed by atoms with Crippen molar-refractivity contribution in [3.05, 3.63) is 119 Å². The van der Waals surface area contributed by atoms with Gasteiger partial charge < -0.3 is 29.9 Å². The number of hydrogen-bond donors (Lipinski definition) is 3. The number of benzene rings is 3. The quantitative estimate of drug-likeness (QED) is 0.284. The molecule has 0 fully saturated rings. The van der Waals surface area contributed by atoms with Crippen LogP contribution in [0.15, 0.2) is 91.0 Å². The summed E-state index contributed by atoms with van der Waals surface area (Å²) in [6.07, 6.45) is 3.64. The highest BCUT2D eigenvalue weighted by Gasteiger charge is 2.25. The van der Waals surface area contributed by atoms with Gasteiger partial charge in [-0.3, -0.25) is 14.4 Å². The molecule has 45 heavy (non-hydrogen) atoms. The summed E-state index contributed by atoms with van der Waals surface area (Å²) in [5.41, 5.74) is 3.17. The van der Waals surface area contributed by atoms with Crippen LogP contribution in [-0.2, 0) is 28.9 Å². The number of ether oxygens (including phenoxy) is 2. The fraction of sp³-hybridized carbons (Fsp3) is 0.278. The van der Waals surface area contributed by atoms with E-state index in [9.17, 15) is 19.2 Å². The molecule has 8 rings (SSSR count). The first-order valence-electron chi connectivity index (χ1n) is 15.2. The Morgan fingerprint density at radius 1 is 0.800 bits per heavy atom. The maximum atomic E-state index is 13.5. The molecule has 1 aromatic heterocycles. The van der Waals surface area contributed by atoms with Gasteiger partial charge in [0.15, 0.2) is 5.78 Å². The van der Waals surface area contributed by atoms with Crippen LogP contribution in [0, 0.1) is 0 Å². The van der Waals surface area contributed by atoms with E-state index in [1.165, 1.54) is 6.07 Å². The number of hydrogen-bond acceptors (Lipinski definition) is 6. The molecule has 6 bridgehead atoms. The number of carbonyl (C=O) groups is 4. The monoisotopic (exact) mass is 607 g/mol. The van der Waals surface area contributed by atoms with Crippen LogP contribution in [0.4, 0.5) is 0 Å². The van der Waals surface area contributed by atoms with E-state index < -0.39 is 23.9 Å². The summed E-state index contributed by atoms with van der Waals surface area (Å²) in [5, 5.41) is 5.58. The van der Waals surface area contributed by atoms with Crippen molar-refractivity contribution in [3.63, 3.8) is 0 Å². The molecule has 4 aliphatic rings. The third-order valence-electron chi connectivity index (χ3n) is 7.65. The van der Waals surface area contributed by atoms with Crippen molar-refractivity contribution in [2.24, 2.45) is 0 Å². The number of H-pyrrole nitrogens is 1. The van der Waals surface area contributed by atoms with Crippen LogP contribution >= 0.6 is 0 Å². The summed E-state index contributed by atoms with van der Waals surface area (Å²) in [5.74, 6) is 0.317. The third-order valence-corrected chi connectivity index (χ3v) is 7.65. The molecule has 5 heterocycles. The van der Waals surface area contributed by atoms with Gasteiger partial charge in [0.05, 0.1) is 24.9 Å². The number of rotatable bonds is 5. The minimum absolute atomic E-state index is 0.129. The van der Waals surface area contributed by atoms with Crippen LogP contribution in [0.2, 0.25) is 0 Å². The van der Waals surface area contributed by atoms with Gasteiger partial charge in [0.2, 0.25) is 5.91 Å². The van der Waals surface area contributed by atoms with E-state index in [1.807, 2.05) is 78.9 Å². The number of Topliss-reactive ketones (excluding diaryl/α,β-unsaturated/α-hetero) is 1. The average molecular weight is 608 g/mol. The Kier molecular flexibility index (Phi) is 10.8. The zero-order valence-electron chi connectivity index (χ0n) is 25.0. The van der Waals surface area contributed by atoms with Gasteiger partial charge in [-0.1, -0.05) is 54.6 Å². The minimum Gasteiger partial charge on any atom is -0.494 e. The van der Waals surface area contributed by atoms with Crippen LogP contribution in [0.25, 0.3) is 0 Å². The van der Waals surface area contributed by atoms with Crippen molar-refractivity contribution < 1.29 is 28.7 Å². The van der Waals surface area contributed by atoms with Crippen molar-refractivity contribution in [1.29, 1.82) is 0 Å². The van der Waals surface area contributed by atoms with Gasteiger partial charge in [-0.05, 0) is 78.8 Å². The van der Waals surface area contributed by atoms with Gasteiger partial charge >= 0.3 is 0 Å². The normalized spacial score (nSPS) is 16.8. The Labute approximate surface area is 262 Å². The molecule has 9 heteroatoms. The first-order chi connectivity index (χ1) is 22.0. The van der Waals surface area contributed by atoms with Crippen LogP contribution < -0.4 is 20.1 Å². The lowest BCUT2D eigenvalue weighted by atomic mass is 10.0. The van der Waals surface area contributed by atoms with E-state index in [0.29, 0.717) is 43.8 Å². The Balaban J connectivity index is 1.34. The number of carbonyl (C=O) groups excluding carboxylic acids is 4. The molecule has 2 amide bonds. The minimum atomic E-state index is -0.988. The molecule has 0 spiro atoms. The smallest absolute Gasteiger partial charge is 0.268 e. The largest absolute Gasteiger partial charge is 0.494 e. The van der Waals surface area contributed by atoms with Crippen LogP contribution in [0.3, 0.4) is 0 Å². The van der Waals surface area contributed by atoms with E-state index >= 15 is 0 Å². The highest BCUT2D eigenvalue weighted by atomic mass is 16.5. The topological polar surface area (TPSA) is 127 Å². The number of ketones is 1. The van der Waals surface area contributed by atoms with Gasteiger partial charge in [-0.25, -0.2) is 0 Å². The second kappa shape index (κ2) is 15.5. The first-order valence-corrected chi connectivity index (χ1v) is 15.2. The van der Waals surface area contributed by atoms with Crippen LogP contribution in [0.5, 0.6) is 11.5 Å². The molecular formula is C36H37N3O6. The molecule has 3 N–H and O–H groups in total. The molecule has 0 aliphatic carbocycles. The number of aldehydes is 1.